The minimum absolute atomic E-state index is 0.0574. The van der Waals surface area contributed by atoms with Crippen molar-refractivity contribution in [3.8, 4) is 0 Å². The fourth-order valence-electron chi connectivity index (χ4n) is 3.61. The molecule has 2 aliphatic heterocycles. The van der Waals surface area contributed by atoms with Crippen molar-refractivity contribution in [2.75, 3.05) is 52.5 Å². The van der Waals surface area contributed by atoms with E-state index in [9.17, 15) is 13.2 Å². The number of morpholine rings is 1. The first-order valence-corrected chi connectivity index (χ1v) is 11.6. The molecule has 156 valence electrons. The van der Waals surface area contributed by atoms with Gasteiger partial charge in [0.25, 0.3) is 0 Å². The maximum absolute atomic E-state index is 12.8. The molecule has 0 spiro atoms. The molecule has 0 aromatic heterocycles. The molecular formula is C19H28ClN3O4S. The van der Waals surface area contributed by atoms with Crippen LogP contribution < -0.4 is 5.32 Å². The molecule has 1 aromatic carbocycles. The molecule has 0 unspecified atom stereocenters. The summed E-state index contributed by atoms with van der Waals surface area (Å²) in [4.78, 5) is 15.1. The van der Waals surface area contributed by atoms with Gasteiger partial charge in [-0.05, 0) is 50.1 Å². The maximum atomic E-state index is 12.8. The summed E-state index contributed by atoms with van der Waals surface area (Å²) >= 11 is 5.85. The predicted molar refractivity (Wildman–Crippen MR) is 108 cm³/mol. The molecule has 1 aromatic rings. The van der Waals surface area contributed by atoms with Gasteiger partial charge in [0.2, 0.25) is 15.9 Å². The van der Waals surface area contributed by atoms with Gasteiger partial charge in [0.15, 0.2) is 0 Å². The lowest BCUT2D eigenvalue weighted by molar-refractivity contribution is -0.126. The van der Waals surface area contributed by atoms with Crippen LogP contribution in [0, 0.1) is 5.92 Å². The van der Waals surface area contributed by atoms with Crippen LogP contribution in [0.1, 0.15) is 19.3 Å². The van der Waals surface area contributed by atoms with Crippen LogP contribution in [0.5, 0.6) is 0 Å². The van der Waals surface area contributed by atoms with Crippen molar-refractivity contribution in [3.05, 3.63) is 29.3 Å². The summed E-state index contributed by atoms with van der Waals surface area (Å²) in [6, 6.07) is 6.15. The van der Waals surface area contributed by atoms with E-state index >= 15 is 0 Å². The van der Waals surface area contributed by atoms with Crippen molar-refractivity contribution < 1.29 is 17.9 Å². The Kier molecular flexibility index (Phi) is 7.70. The van der Waals surface area contributed by atoms with E-state index in [2.05, 4.69) is 10.2 Å². The van der Waals surface area contributed by atoms with Gasteiger partial charge in [0.05, 0.1) is 24.0 Å². The second-order valence-electron chi connectivity index (χ2n) is 7.25. The van der Waals surface area contributed by atoms with Crippen molar-refractivity contribution in [1.29, 1.82) is 0 Å². The Hall–Kier alpha value is -1.19. The van der Waals surface area contributed by atoms with E-state index in [0.29, 0.717) is 31.0 Å². The monoisotopic (exact) mass is 429 g/mol. The molecule has 0 aliphatic carbocycles. The van der Waals surface area contributed by atoms with Gasteiger partial charge < -0.3 is 10.1 Å². The largest absolute Gasteiger partial charge is 0.379 e. The number of benzene rings is 1. The van der Waals surface area contributed by atoms with Gasteiger partial charge >= 0.3 is 0 Å². The average Bonchev–Trinajstić information content (AvgIpc) is 2.72. The second-order valence-corrected chi connectivity index (χ2v) is 9.63. The molecule has 2 heterocycles. The number of rotatable bonds is 7. The van der Waals surface area contributed by atoms with Crippen LogP contribution in [-0.2, 0) is 19.6 Å². The van der Waals surface area contributed by atoms with Crippen LogP contribution in [0.4, 0.5) is 0 Å². The summed E-state index contributed by atoms with van der Waals surface area (Å²) < 4.78 is 32.4. The molecule has 1 amide bonds. The molecule has 2 fully saturated rings. The number of nitrogens with zero attached hydrogens (tertiary/aromatic N) is 2. The van der Waals surface area contributed by atoms with Gasteiger partial charge in [-0.2, -0.15) is 4.31 Å². The third-order valence-electron chi connectivity index (χ3n) is 5.26. The van der Waals surface area contributed by atoms with Crippen molar-refractivity contribution in [2.24, 2.45) is 5.92 Å². The van der Waals surface area contributed by atoms with Gasteiger partial charge in [-0.3, -0.25) is 9.69 Å². The van der Waals surface area contributed by atoms with Crippen LogP contribution in [0.2, 0.25) is 5.02 Å². The highest BCUT2D eigenvalue weighted by molar-refractivity contribution is 7.89. The molecule has 0 bridgehead atoms. The van der Waals surface area contributed by atoms with Crippen molar-refractivity contribution in [2.45, 2.75) is 24.2 Å². The lowest BCUT2D eigenvalue weighted by Gasteiger charge is -2.31. The van der Waals surface area contributed by atoms with E-state index in [1.54, 1.807) is 12.1 Å². The van der Waals surface area contributed by atoms with Crippen molar-refractivity contribution in [3.63, 3.8) is 0 Å². The van der Waals surface area contributed by atoms with Crippen LogP contribution in [0.15, 0.2) is 29.2 Å². The lowest BCUT2D eigenvalue weighted by atomic mass is 9.99. The number of carbonyl (C=O) groups excluding carboxylic acids is 1. The Morgan fingerprint density at radius 2 is 1.89 bits per heavy atom. The highest BCUT2D eigenvalue weighted by Gasteiger charge is 2.33. The first-order chi connectivity index (χ1) is 13.5. The molecule has 28 heavy (non-hydrogen) atoms. The third kappa shape index (κ3) is 5.67. The molecule has 7 nitrogen and oxygen atoms in total. The van der Waals surface area contributed by atoms with Gasteiger partial charge in [0, 0.05) is 37.7 Å². The number of halogens is 1. The van der Waals surface area contributed by atoms with E-state index < -0.39 is 10.0 Å². The standard InChI is InChI=1S/C19H28ClN3O4S/c20-17-4-6-18(7-5-17)28(25,26)23-10-1-3-16(15-23)19(24)21-8-2-9-22-11-13-27-14-12-22/h4-7,16H,1-3,8-15H2,(H,21,24)/t16-/m1/s1. The van der Waals surface area contributed by atoms with Crippen LogP contribution >= 0.6 is 11.6 Å². The Bertz CT molecular complexity index is 751. The fourth-order valence-corrected chi connectivity index (χ4v) is 5.26. The number of sulfonamides is 1. The molecular weight excluding hydrogens is 402 g/mol. The Balaban J connectivity index is 1.48. The summed E-state index contributed by atoms with van der Waals surface area (Å²) in [5.74, 6) is -0.364. The number of carbonyl (C=O) groups is 1. The maximum Gasteiger partial charge on any atom is 0.243 e. The first kappa shape index (κ1) is 21.5. The van der Waals surface area contributed by atoms with E-state index in [0.717, 1.165) is 39.3 Å². The van der Waals surface area contributed by atoms with Crippen molar-refractivity contribution >= 4 is 27.5 Å². The topological polar surface area (TPSA) is 79.0 Å². The summed E-state index contributed by atoms with van der Waals surface area (Å²) in [5.41, 5.74) is 0. The van der Waals surface area contributed by atoms with Crippen LogP contribution in [0.25, 0.3) is 0 Å². The summed E-state index contributed by atoms with van der Waals surface area (Å²) in [5, 5.41) is 3.47. The number of amides is 1. The summed E-state index contributed by atoms with van der Waals surface area (Å²) in [7, 11) is -3.61. The Labute approximate surface area is 172 Å². The quantitative estimate of drug-likeness (QED) is 0.666. The highest BCUT2D eigenvalue weighted by Crippen LogP contribution is 2.24. The van der Waals surface area contributed by atoms with E-state index in [1.807, 2.05) is 0 Å². The number of piperidine rings is 1. The molecule has 1 atom stereocenters. The molecule has 0 radical (unpaired) electrons. The zero-order chi connectivity index (χ0) is 20.0. The van der Waals surface area contributed by atoms with Gasteiger partial charge in [-0.25, -0.2) is 8.42 Å². The van der Waals surface area contributed by atoms with E-state index in [4.69, 9.17) is 16.3 Å². The predicted octanol–water partition coefficient (Wildman–Crippen LogP) is 1.58. The van der Waals surface area contributed by atoms with Crippen molar-refractivity contribution in [1.82, 2.24) is 14.5 Å². The molecule has 9 heteroatoms. The van der Waals surface area contributed by atoms with Gasteiger partial charge in [0.1, 0.15) is 0 Å². The Morgan fingerprint density at radius 1 is 1.18 bits per heavy atom. The zero-order valence-corrected chi connectivity index (χ0v) is 17.6. The normalized spacial score (nSPS) is 22.1. The minimum Gasteiger partial charge on any atom is -0.379 e. The second kappa shape index (κ2) is 10.0. The van der Waals surface area contributed by atoms with Crippen LogP contribution in [-0.4, -0.2) is 76.0 Å². The molecule has 1 N–H and O–H groups in total. The average molecular weight is 430 g/mol. The molecule has 2 aliphatic rings. The SMILES string of the molecule is O=C(NCCCN1CCOCC1)[C@@H]1CCCN(S(=O)(=O)c2ccc(Cl)cc2)C1. The third-order valence-corrected chi connectivity index (χ3v) is 7.39. The molecule has 0 saturated carbocycles. The molecule has 3 rings (SSSR count). The zero-order valence-electron chi connectivity index (χ0n) is 16.0. The number of ether oxygens (including phenoxy) is 1. The number of nitrogens with one attached hydrogen (secondary N) is 1. The molecule has 2 saturated heterocycles. The van der Waals surface area contributed by atoms with Gasteiger partial charge in [-0.15, -0.1) is 0 Å². The van der Waals surface area contributed by atoms with E-state index in [-0.39, 0.29) is 23.3 Å². The first-order valence-electron chi connectivity index (χ1n) is 9.80. The number of hydrogen-bond donors (Lipinski definition) is 1. The minimum atomic E-state index is -3.61. The van der Waals surface area contributed by atoms with Crippen LogP contribution in [0.3, 0.4) is 0 Å². The smallest absolute Gasteiger partial charge is 0.243 e. The highest BCUT2D eigenvalue weighted by atomic mass is 35.5. The fraction of sp³-hybridized carbons (Fsp3) is 0.632. The lowest BCUT2D eigenvalue weighted by Crippen LogP contribution is -2.45. The number of hydrogen-bond acceptors (Lipinski definition) is 5. The van der Waals surface area contributed by atoms with E-state index in [1.165, 1.54) is 16.4 Å². The summed E-state index contributed by atoms with van der Waals surface area (Å²) in [6.45, 7) is 5.62. The Morgan fingerprint density at radius 3 is 2.61 bits per heavy atom. The van der Waals surface area contributed by atoms with Gasteiger partial charge in [-0.1, -0.05) is 11.6 Å². The summed E-state index contributed by atoms with van der Waals surface area (Å²) in [6.07, 6.45) is 2.27.